The summed E-state index contributed by atoms with van der Waals surface area (Å²) in [5.41, 5.74) is 4.53. The minimum absolute atomic E-state index is 0.211. The van der Waals surface area contributed by atoms with E-state index in [4.69, 9.17) is 9.98 Å². The summed E-state index contributed by atoms with van der Waals surface area (Å²) in [6, 6.07) is 21.1. The SMILES string of the molecule is CCc1ccccc1-c1cccc(CN2CCC3(CC2)C(=NC2CCCCC2)NC(=O)N3c2cccc(F)c2)n1. The zero-order chi connectivity index (χ0) is 27.5. The van der Waals surface area contributed by atoms with Crippen molar-refractivity contribution in [1.29, 1.82) is 0 Å². The van der Waals surface area contributed by atoms with E-state index in [1.54, 1.807) is 11.0 Å². The molecule has 7 heteroatoms. The van der Waals surface area contributed by atoms with Crippen LogP contribution < -0.4 is 10.2 Å². The summed E-state index contributed by atoms with van der Waals surface area (Å²) in [6.45, 7) is 4.51. The molecule has 2 aliphatic heterocycles. The Morgan fingerprint density at radius 3 is 2.55 bits per heavy atom. The van der Waals surface area contributed by atoms with Gasteiger partial charge in [-0.05, 0) is 68.0 Å². The molecule has 0 radical (unpaired) electrons. The van der Waals surface area contributed by atoms with Crippen LogP contribution in [-0.4, -0.2) is 46.4 Å². The molecule has 0 bridgehead atoms. The second-order valence-electron chi connectivity index (χ2n) is 11.3. The number of piperidine rings is 1. The van der Waals surface area contributed by atoms with Crippen molar-refractivity contribution in [3.05, 3.63) is 83.8 Å². The molecule has 3 fully saturated rings. The first-order valence-electron chi connectivity index (χ1n) is 14.8. The molecule has 2 amide bonds. The number of halogens is 1. The monoisotopic (exact) mass is 539 g/mol. The van der Waals surface area contributed by atoms with Gasteiger partial charge < -0.3 is 0 Å². The molecule has 3 aliphatic rings. The van der Waals surface area contributed by atoms with Crippen LogP contribution in [0.2, 0.25) is 0 Å². The Labute approximate surface area is 236 Å². The highest BCUT2D eigenvalue weighted by Gasteiger charge is 2.53. The van der Waals surface area contributed by atoms with Crippen LogP contribution >= 0.6 is 0 Å². The van der Waals surface area contributed by atoms with E-state index in [0.717, 1.165) is 69.0 Å². The molecule has 1 spiro atoms. The average Bonchev–Trinajstić information content (AvgIpc) is 3.24. The number of urea groups is 1. The van der Waals surface area contributed by atoms with Crippen molar-refractivity contribution in [3.63, 3.8) is 0 Å². The maximum atomic E-state index is 14.3. The van der Waals surface area contributed by atoms with E-state index in [2.05, 4.69) is 59.6 Å². The fraction of sp³-hybridized carbons (Fsp3) is 0.424. The molecule has 2 aromatic carbocycles. The van der Waals surface area contributed by atoms with Crippen molar-refractivity contribution in [2.24, 2.45) is 4.99 Å². The lowest BCUT2D eigenvalue weighted by molar-refractivity contribution is 0.182. The van der Waals surface area contributed by atoms with Gasteiger partial charge in [-0.25, -0.2) is 9.18 Å². The van der Waals surface area contributed by atoms with Crippen molar-refractivity contribution in [2.75, 3.05) is 18.0 Å². The summed E-state index contributed by atoms with van der Waals surface area (Å²) in [7, 11) is 0. The van der Waals surface area contributed by atoms with Gasteiger partial charge >= 0.3 is 6.03 Å². The number of benzene rings is 2. The van der Waals surface area contributed by atoms with Gasteiger partial charge in [0.05, 0.1) is 17.4 Å². The van der Waals surface area contributed by atoms with Gasteiger partial charge in [-0.1, -0.05) is 62.6 Å². The molecule has 1 aliphatic carbocycles. The number of nitrogens with zero attached hydrogens (tertiary/aromatic N) is 4. The fourth-order valence-electron chi connectivity index (χ4n) is 6.67. The summed E-state index contributed by atoms with van der Waals surface area (Å²) in [5.74, 6) is 0.427. The summed E-state index contributed by atoms with van der Waals surface area (Å²) < 4.78 is 14.3. The third kappa shape index (κ3) is 5.27. The van der Waals surface area contributed by atoms with Gasteiger partial charge in [0.15, 0.2) is 0 Å². The van der Waals surface area contributed by atoms with Crippen LogP contribution in [0.5, 0.6) is 0 Å². The van der Waals surface area contributed by atoms with Crippen LogP contribution in [0.15, 0.2) is 71.7 Å². The van der Waals surface area contributed by atoms with Crippen LogP contribution in [0.3, 0.4) is 0 Å². The van der Waals surface area contributed by atoms with Crippen molar-refractivity contribution in [3.8, 4) is 11.3 Å². The second kappa shape index (κ2) is 11.5. The minimum Gasteiger partial charge on any atom is -0.297 e. The van der Waals surface area contributed by atoms with Crippen LogP contribution in [0.1, 0.15) is 63.1 Å². The molecule has 40 heavy (non-hydrogen) atoms. The number of carbonyl (C=O) groups is 1. The fourth-order valence-corrected chi connectivity index (χ4v) is 6.67. The number of nitrogens with one attached hydrogen (secondary N) is 1. The third-order valence-corrected chi connectivity index (χ3v) is 8.80. The van der Waals surface area contributed by atoms with E-state index in [1.165, 1.54) is 42.5 Å². The van der Waals surface area contributed by atoms with Gasteiger partial charge in [-0.2, -0.15) is 0 Å². The van der Waals surface area contributed by atoms with E-state index in [0.29, 0.717) is 5.69 Å². The smallest absolute Gasteiger partial charge is 0.297 e. The molecule has 1 N–H and O–H groups in total. The van der Waals surface area contributed by atoms with Gasteiger partial charge in [-0.15, -0.1) is 0 Å². The van der Waals surface area contributed by atoms with Gasteiger partial charge in [0, 0.05) is 30.9 Å². The number of hydrogen-bond acceptors (Lipinski definition) is 4. The summed E-state index contributed by atoms with van der Waals surface area (Å²) >= 11 is 0. The molecule has 0 unspecified atom stereocenters. The van der Waals surface area contributed by atoms with Crippen molar-refractivity contribution < 1.29 is 9.18 Å². The summed E-state index contributed by atoms with van der Waals surface area (Å²) in [5, 5.41) is 3.11. The lowest BCUT2D eigenvalue weighted by Gasteiger charge is -2.43. The largest absolute Gasteiger partial charge is 0.328 e. The Morgan fingerprint density at radius 2 is 1.77 bits per heavy atom. The standard InChI is InChI=1S/C33H38FN5O/c1-2-24-10-6-7-16-29(24)30-17-9-14-27(35-30)23-38-20-18-33(19-21-38)31(36-26-12-4-3-5-13-26)37-32(40)39(33)28-15-8-11-25(34)22-28/h6-11,14-17,22,26H,2-5,12-13,18-21,23H2,1H3,(H,36,37,40). The van der Waals surface area contributed by atoms with Crippen molar-refractivity contribution >= 4 is 17.6 Å². The third-order valence-electron chi connectivity index (χ3n) is 8.80. The number of hydrogen-bond donors (Lipinski definition) is 1. The highest BCUT2D eigenvalue weighted by molar-refractivity contribution is 6.19. The molecule has 0 atom stereocenters. The molecule has 1 aromatic heterocycles. The Balaban J connectivity index is 1.24. The van der Waals surface area contributed by atoms with E-state index in [-0.39, 0.29) is 17.9 Å². The first-order chi connectivity index (χ1) is 19.6. The number of anilines is 1. The molecule has 6 nitrogen and oxygen atoms in total. The molecule has 3 heterocycles. The molecule has 208 valence electrons. The van der Waals surface area contributed by atoms with Crippen molar-refractivity contribution in [2.45, 2.75) is 76.4 Å². The van der Waals surface area contributed by atoms with Gasteiger partial charge in [0.2, 0.25) is 0 Å². The molecule has 1 saturated carbocycles. The molecule has 3 aromatic rings. The van der Waals surface area contributed by atoms with Gasteiger partial charge in [-0.3, -0.25) is 25.1 Å². The topological polar surface area (TPSA) is 60.8 Å². The first kappa shape index (κ1) is 26.6. The van der Waals surface area contributed by atoms with Crippen molar-refractivity contribution in [1.82, 2.24) is 15.2 Å². The Hall–Kier alpha value is -3.58. The number of pyridine rings is 1. The number of carbonyl (C=O) groups excluding carboxylic acids is 1. The number of aromatic nitrogens is 1. The maximum Gasteiger partial charge on any atom is 0.328 e. The Kier molecular flexibility index (Phi) is 7.65. The van der Waals surface area contributed by atoms with Crippen LogP contribution in [0.25, 0.3) is 11.3 Å². The minimum atomic E-state index is -0.589. The molecular formula is C33H38FN5O. The zero-order valence-corrected chi connectivity index (χ0v) is 23.3. The Bertz CT molecular complexity index is 1390. The van der Waals surface area contributed by atoms with Gasteiger partial charge in [0.1, 0.15) is 17.2 Å². The lowest BCUT2D eigenvalue weighted by Crippen LogP contribution is -2.57. The number of rotatable bonds is 6. The predicted molar refractivity (Wildman–Crippen MR) is 158 cm³/mol. The molecular weight excluding hydrogens is 501 g/mol. The normalized spacial score (nSPS) is 20.8. The number of amides is 2. The quantitative estimate of drug-likeness (QED) is 0.377. The highest BCUT2D eigenvalue weighted by Crippen LogP contribution is 2.39. The first-order valence-corrected chi connectivity index (χ1v) is 14.8. The zero-order valence-electron chi connectivity index (χ0n) is 23.3. The van der Waals surface area contributed by atoms with E-state index < -0.39 is 5.54 Å². The van der Waals surface area contributed by atoms with E-state index in [9.17, 15) is 9.18 Å². The number of aryl methyl sites for hydroxylation is 1. The lowest BCUT2D eigenvalue weighted by atomic mass is 9.84. The van der Waals surface area contributed by atoms with Crippen LogP contribution in [0.4, 0.5) is 14.9 Å². The van der Waals surface area contributed by atoms with E-state index >= 15 is 0 Å². The Morgan fingerprint density at radius 1 is 1.00 bits per heavy atom. The number of likely N-dealkylation sites (tertiary alicyclic amines) is 1. The van der Waals surface area contributed by atoms with Crippen LogP contribution in [-0.2, 0) is 13.0 Å². The van der Waals surface area contributed by atoms with Crippen LogP contribution in [0, 0.1) is 5.82 Å². The number of aliphatic imine (C=N–C) groups is 1. The average molecular weight is 540 g/mol. The highest BCUT2D eigenvalue weighted by atomic mass is 19.1. The second-order valence-corrected chi connectivity index (χ2v) is 11.3. The maximum absolute atomic E-state index is 14.3. The molecule has 6 rings (SSSR count). The number of amidine groups is 1. The van der Waals surface area contributed by atoms with Gasteiger partial charge in [0.25, 0.3) is 0 Å². The summed E-state index contributed by atoms with van der Waals surface area (Å²) in [4.78, 5) is 27.8. The summed E-state index contributed by atoms with van der Waals surface area (Å²) in [6.07, 6.45) is 8.16. The molecule has 2 saturated heterocycles. The van der Waals surface area contributed by atoms with E-state index in [1.807, 2.05) is 6.07 Å². The predicted octanol–water partition coefficient (Wildman–Crippen LogP) is 6.75.